The van der Waals surface area contributed by atoms with Gasteiger partial charge in [-0.05, 0) is 37.5 Å². The van der Waals surface area contributed by atoms with Crippen LogP contribution in [-0.4, -0.2) is 96.7 Å². The van der Waals surface area contributed by atoms with Crippen LogP contribution >= 0.6 is 15.6 Å². The number of esters is 4. The molecule has 0 radical (unpaired) electrons. The number of unbranched alkanes of at least 4 members (excludes halogenated alkanes) is 56. The standard InChI is InChI=1S/C89H174O17P2/c1-7-11-13-15-17-19-21-23-24-25-26-30-33-37-41-48-54-60-66-72-87(92)100-77-84(105-88(93)73-67-61-55-49-42-38-34-31-28-27-29-32-36-39-45-51-57-63-69-81(5)9-3)79-103-107(95,96)101-75-83(90)76-102-108(97,98)104-80-85(78-99-86(91)71-65-59-53-47-40-35-22-20-18-16-14-12-8-2)106-89(94)74-68-62-56-50-44-43-46-52-58-64-70-82(6)10-4/h81-85,90H,7-80H2,1-6H3,(H,95,96)(H,97,98)/t81?,82?,83-,84-,85-/m1/s1. The fraction of sp³-hybridized carbons (Fsp3) is 0.955. The van der Waals surface area contributed by atoms with Crippen molar-refractivity contribution >= 4 is 39.5 Å². The predicted molar refractivity (Wildman–Crippen MR) is 446 cm³/mol. The molecule has 0 spiro atoms. The fourth-order valence-electron chi connectivity index (χ4n) is 13.9. The number of phosphoric acid groups is 2. The summed E-state index contributed by atoms with van der Waals surface area (Å²) in [5.74, 6) is -0.423. The van der Waals surface area contributed by atoms with Crippen LogP contribution in [0.2, 0.25) is 0 Å². The lowest BCUT2D eigenvalue weighted by Gasteiger charge is -2.21. The fourth-order valence-corrected chi connectivity index (χ4v) is 15.5. The quantitative estimate of drug-likeness (QED) is 0.0222. The zero-order valence-electron chi connectivity index (χ0n) is 71.2. The van der Waals surface area contributed by atoms with Crippen LogP contribution in [0.15, 0.2) is 0 Å². The number of hydrogen-bond acceptors (Lipinski definition) is 15. The second-order valence-corrected chi connectivity index (χ2v) is 35.4. The molecule has 0 amide bonds. The number of hydrogen-bond donors (Lipinski definition) is 3. The van der Waals surface area contributed by atoms with Crippen molar-refractivity contribution in [3.05, 3.63) is 0 Å². The summed E-state index contributed by atoms with van der Waals surface area (Å²) in [5, 5.41) is 10.7. The van der Waals surface area contributed by atoms with Crippen LogP contribution in [0.1, 0.15) is 478 Å². The van der Waals surface area contributed by atoms with Crippen molar-refractivity contribution in [2.24, 2.45) is 11.8 Å². The van der Waals surface area contributed by atoms with Gasteiger partial charge in [0.15, 0.2) is 12.2 Å². The highest BCUT2D eigenvalue weighted by Gasteiger charge is 2.31. The number of phosphoric ester groups is 2. The summed E-state index contributed by atoms with van der Waals surface area (Å²) < 4.78 is 69.0. The van der Waals surface area contributed by atoms with Gasteiger partial charge in [-0.25, -0.2) is 9.13 Å². The van der Waals surface area contributed by atoms with E-state index in [2.05, 4.69) is 41.5 Å². The summed E-state index contributed by atoms with van der Waals surface area (Å²) >= 11 is 0. The maximum absolute atomic E-state index is 13.2. The third-order valence-corrected chi connectivity index (χ3v) is 23.6. The minimum absolute atomic E-state index is 0.107. The first-order chi connectivity index (χ1) is 52.4. The number of carbonyl (C=O) groups is 4. The van der Waals surface area contributed by atoms with E-state index in [1.54, 1.807) is 0 Å². The largest absolute Gasteiger partial charge is 0.472 e. The van der Waals surface area contributed by atoms with Crippen molar-refractivity contribution in [3.63, 3.8) is 0 Å². The van der Waals surface area contributed by atoms with E-state index in [9.17, 15) is 43.2 Å². The highest BCUT2D eigenvalue weighted by Crippen LogP contribution is 2.45. The van der Waals surface area contributed by atoms with E-state index >= 15 is 0 Å². The van der Waals surface area contributed by atoms with Gasteiger partial charge in [0.25, 0.3) is 0 Å². The number of aliphatic hydroxyl groups is 1. The third-order valence-electron chi connectivity index (χ3n) is 21.7. The number of carbonyl (C=O) groups excluding carboxylic acids is 4. The summed E-state index contributed by atoms with van der Waals surface area (Å²) in [5.41, 5.74) is 0. The molecule has 642 valence electrons. The lowest BCUT2D eigenvalue weighted by molar-refractivity contribution is -0.161. The molecule has 0 bridgehead atoms. The Morgan fingerprint density at radius 2 is 0.444 bits per heavy atom. The topological polar surface area (TPSA) is 237 Å². The van der Waals surface area contributed by atoms with Crippen molar-refractivity contribution in [3.8, 4) is 0 Å². The predicted octanol–water partition coefficient (Wildman–Crippen LogP) is 27.4. The smallest absolute Gasteiger partial charge is 0.462 e. The maximum Gasteiger partial charge on any atom is 0.472 e. The number of ether oxygens (including phenoxy) is 4. The van der Waals surface area contributed by atoms with Crippen molar-refractivity contribution in [2.45, 2.75) is 496 Å². The molecule has 0 saturated heterocycles. The van der Waals surface area contributed by atoms with Crippen LogP contribution in [0, 0.1) is 11.8 Å². The average molecular weight is 1580 g/mol. The van der Waals surface area contributed by atoms with Gasteiger partial charge in [0.05, 0.1) is 26.4 Å². The Kier molecular flexibility index (Phi) is 78.8. The Hall–Kier alpha value is -1.94. The molecule has 0 aromatic carbocycles. The van der Waals surface area contributed by atoms with Gasteiger partial charge in [-0.2, -0.15) is 0 Å². The first-order valence-corrected chi connectivity index (χ1v) is 49.1. The molecule has 4 unspecified atom stereocenters. The van der Waals surface area contributed by atoms with Crippen LogP contribution in [0.3, 0.4) is 0 Å². The van der Waals surface area contributed by atoms with Crippen LogP contribution in [0.4, 0.5) is 0 Å². The number of rotatable bonds is 88. The Balaban J connectivity index is 5.25. The molecule has 108 heavy (non-hydrogen) atoms. The lowest BCUT2D eigenvalue weighted by atomic mass is 9.99. The maximum atomic E-state index is 13.2. The normalized spacial score (nSPS) is 14.3. The SMILES string of the molecule is CCCCCCCCCCCCCCCCCCCCCC(=O)OC[C@H](COP(=O)(O)OC[C@@H](O)COP(=O)(O)OC[C@@H](COC(=O)CCCCCCCCCCCCCCC)OC(=O)CCCCCCCCCCCCC(C)CC)OC(=O)CCCCCCCCCCCCCCCCCCCCC(C)CC. The van der Waals surface area contributed by atoms with E-state index in [0.717, 1.165) is 102 Å². The van der Waals surface area contributed by atoms with Gasteiger partial charge < -0.3 is 33.8 Å². The Labute approximate surface area is 664 Å². The molecule has 0 rings (SSSR count). The minimum Gasteiger partial charge on any atom is -0.462 e. The zero-order chi connectivity index (χ0) is 79.2. The van der Waals surface area contributed by atoms with E-state index < -0.39 is 97.5 Å². The first-order valence-electron chi connectivity index (χ1n) is 46.1. The van der Waals surface area contributed by atoms with Crippen LogP contribution in [-0.2, 0) is 65.4 Å². The molecule has 0 aromatic heterocycles. The molecular formula is C89H174O17P2. The van der Waals surface area contributed by atoms with Gasteiger partial charge >= 0.3 is 39.5 Å². The van der Waals surface area contributed by atoms with E-state index in [1.165, 1.54) is 295 Å². The lowest BCUT2D eigenvalue weighted by Crippen LogP contribution is -2.30. The summed E-state index contributed by atoms with van der Waals surface area (Å²) in [4.78, 5) is 73.4. The molecule has 0 aromatic rings. The minimum atomic E-state index is -4.97. The summed E-state index contributed by atoms with van der Waals surface area (Å²) in [6.45, 7) is 9.78. The molecule has 0 heterocycles. The van der Waals surface area contributed by atoms with E-state index in [-0.39, 0.29) is 25.7 Å². The van der Waals surface area contributed by atoms with Crippen molar-refractivity contribution in [1.82, 2.24) is 0 Å². The molecule has 0 aliphatic carbocycles. The zero-order valence-corrected chi connectivity index (χ0v) is 73.0. The Morgan fingerprint density at radius 1 is 0.259 bits per heavy atom. The monoisotopic (exact) mass is 1580 g/mol. The van der Waals surface area contributed by atoms with E-state index in [0.29, 0.717) is 25.7 Å². The molecular weight excluding hydrogens is 1400 g/mol. The Bertz CT molecular complexity index is 2070. The van der Waals surface area contributed by atoms with Crippen LogP contribution in [0.5, 0.6) is 0 Å². The van der Waals surface area contributed by atoms with E-state index in [4.69, 9.17) is 37.0 Å². The summed E-state index contributed by atoms with van der Waals surface area (Å²) in [6.07, 6.45) is 73.5. The van der Waals surface area contributed by atoms with Gasteiger partial charge in [0.1, 0.15) is 19.3 Å². The number of aliphatic hydroxyl groups excluding tert-OH is 1. The van der Waals surface area contributed by atoms with Gasteiger partial charge in [-0.1, -0.05) is 427 Å². The second kappa shape index (κ2) is 80.3. The van der Waals surface area contributed by atoms with Crippen molar-refractivity contribution in [2.75, 3.05) is 39.6 Å². The third kappa shape index (κ3) is 79.3. The molecule has 3 N–H and O–H groups in total. The van der Waals surface area contributed by atoms with Crippen molar-refractivity contribution in [1.29, 1.82) is 0 Å². The Morgan fingerprint density at radius 3 is 0.657 bits per heavy atom. The molecule has 0 saturated carbocycles. The summed E-state index contributed by atoms with van der Waals surface area (Å²) in [6, 6.07) is 0. The van der Waals surface area contributed by atoms with Gasteiger partial charge in [0, 0.05) is 25.7 Å². The van der Waals surface area contributed by atoms with Gasteiger partial charge in [-0.15, -0.1) is 0 Å². The van der Waals surface area contributed by atoms with Gasteiger partial charge in [-0.3, -0.25) is 37.3 Å². The van der Waals surface area contributed by atoms with Gasteiger partial charge in [0.2, 0.25) is 0 Å². The molecule has 0 aliphatic rings. The molecule has 7 atom stereocenters. The molecule has 0 fully saturated rings. The molecule has 0 aliphatic heterocycles. The average Bonchev–Trinajstić information content (AvgIpc) is 0.907. The van der Waals surface area contributed by atoms with Crippen LogP contribution in [0.25, 0.3) is 0 Å². The summed E-state index contributed by atoms with van der Waals surface area (Å²) in [7, 11) is -9.93. The van der Waals surface area contributed by atoms with Crippen LogP contribution < -0.4 is 0 Å². The molecule has 19 heteroatoms. The highest BCUT2D eigenvalue weighted by atomic mass is 31.2. The highest BCUT2D eigenvalue weighted by molar-refractivity contribution is 7.47. The second-order valence-electron chi connectivity index (χ2n) is 32.5. The molecule has 17 nitrogen and oxygen atoms in total. The first kappa shape index (κ1) is 106. The van der Waals surface area contributed by atoms with E-state index in [1.807, 2.05) is 0 Å². The van der Waals surface area contributed by atoms with Crippen molar-refractivity contribution < 1.29 is 80.2 Å².